The Bertz CT molecular complexity index is 843. The van der Waals surface area contributed by atoms with Crippen LogP contribution in [0.25, 0.3) is 5.70 Å². The summed E-state index contributed by atoms with van der Waals surface area (Å²) in [6, 6.07) is 16.8. The Morgan fingerprint density at radius 2 is 1.83 bits per heavy atom. The van der Waals surface area contributed by atoms with Crippen molar-refractivity contribution in [2.75, 3.05) is 11.4 Å². The van der Waals surface area contributed by atoms with Crippen molar-refractivity contribution >= 4 is 40.2 Å². The highest BCUT2D eigenvalue weighted by Crippen LogP contribution is 2.52. The van der Waals surface area contributed by atoms with E-state index in [2.05, 4.69) is 52.3 Å². The van der Waals surface area contributed by atoms with E-state index in [0.717, 1.165) is 16.6 Å². The molecule has 3 heterocycles. The number of rotatable bonds is 1. The van der Waals surface area contributed by atoms with Gasteiger partial charge in [0.25, 0.3) is 0 Å². The highest BCUT2D eigenvalue weighted by molar-refractivity contribution is 7.80. The second-order valence-corrected chi connectivity index (χ2v) is 7.16. The highest BCUT2D eigenvalue weighted by Gasteiger charge is 2.49. The van der Waals surface area contributed by atoms with E-state index in [1.807, 2.05) is 12.1 Å². The lowest BCUT2D eigenvalue weighted by atomic mass is 9.98. The van der Waals surface area contributed by atoms with E-state index >= 15 is 0 Å². The predicted octanol–water partition coefficient (Wildman–Crippen LogP) is 4.66. The van der Waals surface area contributed by atoms with Crippen LogP contribution in [0.1, 0.15) is 23.5 Å². The topological polar surface area (TPSA) is 6.48 Å². The number of fused-ring (bicyclic) bond motifs is 3. The Labute approximate surface area is 146 Å². The number of nitrogens with zero attached hydrogens (tertiary/aromatic N) is 2. The standard InChI is InChI=1S/C19H15ClN2S/c20-13-7-5-12(6-8-13)17-11-18(23)21-10-9-15-14-3-1-2-4-16(14)22(17)19(15)21/h1-8,11,15,19H,9-10H2/t15-,19+/m0/s1. The molecule has 1 saturated heterocycles. The van der Waals surface area contributed by atoms with Crippen LogP contribution in [0.4, 0.5) is 5.69 Å². The SMILES string of the molecule is S=C1C=C(c2ccc(Cl)cc2)N2c3ccccc3[C@@H]3CCN1[C@@H]32. The summed E-state index contributed by atoms with van der Waals surface area (Å²) in [4.78, 5) is 5.79. The molecule has 2 atom stereocenters. The predicted molar refractivity (Wildman–Crippen MR) is 98.8 cm³/mol. The van der Waals surface area contributed by atoms with Gasteiger partial charge in [0.15, 0.2) is 0 Å². The fourth-order valence-corrected chi connectivity index (χ4v) is 4.64. The number of benzene rings is 2. The number of hydrogen-bond donors (Lipinski definition) is 0. The van der Waals surface area contributed by atoms with Gasteiger partial charge in [-0.3, -0.25) is 0 Å². The van der Waals surface area contributed by atoms with Crippen LogP contribution in [0, 0.1) is 0 Å². The Morgan fingerprint density at radius 1 is 1.04 bits per heavy atom. The summed E-state index contributed by atoms with van der Waals surface area (Å²) in [5.74, 6) is 0.542. The second kappa shape index (κ2) is 4.83. The van der Waals surface area contributed by atoms with E-state index in [1.165, 1.54) is 28.9 Å². The fraction of sp³-hybridized carbons (Fsp3) is 0.211. The summed E-state index contributed by atoms with van der Waals surface area (Å²) >= 11 is 11.7. The highest BCUT2D eigenvalue weighted by atomic mass is 35.5. The van der Waals surface area contributed by atoms with Crippen molar-refractivity contribution in [1.29, 1.82) is 0 Å². The second-order valence-electron chi connectivity index (χ2n) is 6.31. The minimum Gasteiger partial charge on any atom is -0.341 e. The molecule has 2 aromatic rings. The van der Waals surface area contributed by atoms with Crippen molar-refractivity contribution in [2.45, 2.75) is 18.5 Å². The van der Waals surface area contributed by atoms with E-state index in [1.54, 1.807) is 0 Å². The van der Waals surface area contributed by atoms with Gasteiger partial charge in [0.2, 0.25) is 0 Å². The molecule has 3 aliphatic heterocycles. The molecule has 0 aliphatic carbocycles. The molecule has 0 spiro atoms. The summed E-state index contributed by atoms with van der Waals surface area (Å²) in [5.41, 5.74) is 5.11. The smallest absolute Gasteiger partial charge is 0.114 e. The summed E-state index contributed by atoms with van der Waals surface area (Å²) in [6.45, 7) is 1.05. The van der Waals surface area contributed by atoms with Crippen molar-refractivity contribution in [3.63, 3.8) is 0 Å². The molecule has 1 fully saturated rings. The van der Waals surface area contributed by atoms with Crippen LogP contribution in [0.15, 0.2) is 54.6 Å². The van der Waals surface area contributed by atoms with Gasteiger partial charge in [-0.2, -0.15) is 0 Å². The van der Waals surface area contributed by atoms with Gasteiger partial charge >= 0.3 is 0 Å². The van der Waals surface area contributed by atoms with Crippen LogP contribution in [-0.4, -0.2) is 22.6 Å². The first-order chi connectivity index (χ1) is 11.2. The molecular formula is C19H15ClN2S. The van der Waals surface area contributed by atoms with Gasteiger partial charge in [0.1, 0.15) is 11.2 Å². The van der Waals surface area contributed by atoms with Gasteiger partial charge in [-0.1, -0.05) is 54.2 Å². The zero-order chi connectivity index (χ0) is 15.6. The largest absolute Gasteiger partial charge is 0.341 e. The molecule has 0 aromatic heterocycles. The van der Waals surface area contributed by atoms with Crippen LogP contribution in [0.2, 0.25) is 5.02 Å². The van der Waals surface area contributed by atoms with Gasteiger partial charge in [-0.15, -0.1) is 0 Å². The zero-order valence-corrected chi connectivity index (χ0v) is 14.0. The quantitative estimate of drug-likeness (QED) is 0.698. The monoisotopic (exact) mass is 338 g/mol. The average molecular weight is 339 g/mol. The molecule has 0 amide bonds. The summed E-state index contributed by atoms with van der Waals surface area (Å²) in [5, 5.41) is 0.759. The molecular weight excluding hydrogens is 324 g/mol. The first kappa shape index (κ1) is 13.6. The fourth-order valence-electron chi connectivity index (χ4n) is 4.20. The number of anilines is 1. The summed E-state index contributed by atoms with van der Waals surface area (Å²) < 4.78 is 0. The maximum absolute atomic E-state index is 6.06. The molecule has 0 bridgehead atoms. The van der Waals surface area contributed by atoms with Crippen LogP contribution in [0.3, 0.4) is 0 Å². The lowest BCUT2D eigenvalue weighted by molar-refractivity contribution is 0.392. The van der Waals surface area contributed by atoms with Crippen molar-refractivity contribution in [1.82, 2.24) is 4.90 Å². The molecule has 0 N–H and O–H groups in total. The van der Waals surface area contributed by atoms with Gasteiger partial charge in [0.05, 0.1) is 5.70 Å². The van der Waals surface area contributed by atoms with Crippen molar-refractivity contribution in [3.8, 4) is 0 Å². The molecule has 0 unspecified atom stereocenters. The lowest BCUT2D eigenvalue weighted by Crippen LogP contribution is -2.48. The molecule has 5 rings (SSSR count). The maximum Gasteiger partial charge on any atom is 0.114 e. The molecule has 3 aliphatic rings. The van der Waals surface area contributed by atoms with E-state index in [4.69, 9.17) is 23.8 Å². The molecule has 0 saturated carbocycles. The zero-order valence-electron chi connectivity index (χ0n) is 12.4. The van der Waals surface area contributed by atoms with Crippen molar-refractivity contribution in [2.24, 2.45) is 0 Å². The Balaban J connectivity index is 1.71. The van der Waals surface area contributed by atoms with Gasteiger partial charge < -0.3 is 9.80 Å². The molecule has 23 heavy (non-hydrogen) atoms. The average Bonchev–Trinajstić information content (AvgIpc) is 3.13. The van der Waals surface area contributed by atoms with Gasteiger partial charge in [-0.05, 0) is 41.8 Å². The van der Waals surface area contributed by atoms with Gasteiger partial charge in [-0.25, -0.2) is 0 Å². The van der Waals surface area contributed by atoms with E-state index in [-0.39, 0.29) is 0 Å². The third kappa shape index (κ3) is 1.84. The van der Waals surface area contributed by atoms with E-state index in [0.29, 0.717) is 12.1 Å². The number of hydrogen-bond acceptors (Lipinski definition) is 2. The summed E-state index contributed by atoms with van der Waals surface area (Å²) in [6.07, 6.45) is 3.63. The molecule has 0 radical (unpaired) electrons. The first-order valence-corrected chi connectivity index (χ1v) is 8.69. The van der Waals surface area contributed by atoms with E-state index in [9.17, 15) is 0 Å². The maximum atomic E-state index is 6.06. The van der Waals surface area contributed by atoms with E-state index < -0.39 is 0 Å². The van der Waals surface area contributed by atoms with Crippen molar-refractivity contribution in [3.05, 3.63) is 70.8 Å². The summed E-state index contributed by atoms with van der Waals surface area (Å²) in [7, 11) is 0. The Hall–Kier alpha value is -1.84. The molecule has 4 heteroatoms. The van der Waals surface area contributed by atoms with Crippen molar-refractivity contribution < 1.29 is 0 Å². The Morgan fingerprint density at radius 3 is 2.65 bits per heavy atom. The van der Waals surface area contributed by atoms with Crippen LogP contribution in [0.5, 0.6) is 0 Å². The number of thiocarbonyl (C=S) groups is 1. The normalized spacial score (nSPS) is 24.6. The number of para-hydroxylation sites is 1. The molecule has 2 nitrogen and oxygen atoms in total. The third-order valence-corrected chi connectivity index (χ3v) is 5.77. The minimum atomic E-state index is 0.329. The van der Waals surface area contributed by atoms with Gasteiger partial charge in [0, 0.05) is 23.2 Å². The minimum absolute atomic E-state index is 0.329. The third-order valence-electron chi connectivity index (χ3n) is 5.16. The van der Waals surface area contributed by atoms with Crippen LogP contribution >= 0.6 is 23.8 Å². The number of halogens is 1. The molecule has 2 aromatic carbocycles. The van der Waals surface area contributed by atoms with Crippen LogP contribution in [-0.2, 0) is 0 Å². The first-order valence-electron chi connectivity index (χ1n) is 7.90. The lowest BCUT2D eigenvalue weighted by Gasteiger charge is -2.40. The molecule has 114 valence electrons. The Kier molecular flexibility index (Phi) is 2.85. The van der Waals surface area contributed by atoms with Crippen LogP contribution < -0.4 is 4.90 Å².